The number of ether oxygens (including phenoxy) is 1. The first-order valence-corrected chi connectivity index (χ1v) is 8.47. The van der Waals surface area contributed by atoms with Gasteiger partial charge in [0.25, 0.3) is 0 Å². The summed E-state index contributed by atoms with van der Waals surface area (Å²) in [5.74, 6) is 0.966. The average molecular weight is 307 g/mol. The molecule has 2 aromatic rings. The summed E-state index contributed by atoms with van der Waals surface area (Å²) >= 11 is 1.81. The second-order valence-corrected chi connectivity index (χ2v) is 6.31. The highest BCUT2D eigenvalue weighted by Gasteiger charge is 2.10. The van der Waals surface area contributed by atoms with E-state index in [-0.39, 0.29) is 0 Å². The number of aromatic nitrogens is 2. The Bertz CT molecular complexity index is 522. The molecule has 0 aliphatic carbocycles. The number of imidazole rings is 1. The molecular formula is C16H25N3OS. The zero-order valence-corrected chi connectivity index (χ0v) is 13.9. The van der Waals surface area contributed by atoms with E-state index in [2.05, 4.69) is 45.5 Å². The van der Waals surface area contributed by atoms with Gasteiger partial charge in [0.1, 0.15) is 0 Å². The van der Waals surface area contributed by atoms with Gasteiger partial charge in [-0.05, 0) is 38.6 Å². The highest BCUT2D eigenvalue weighted by Crippen LogP contribution is 2.15. The lowest BCUT2D eigenvalue weighted by atomic mass is 10.2. The molecule has 21 heavy (non-hydrogen) atoms. The summed E-state index contributed by atoms with van der Waals surface area (Å²) in [5.41, 5.74) is 1.05. The predicted octanol–water partition coefficient (Wildman–Crippen LogP) is 3.72. The van der Waals surface area contributed by atoms with Crippen molar-refractivity contribution in [1.29, 1.82) is 0 Å². The molecule has 0 bridgehead atoms. The fourth-order valence-electron chi connectivity index (χ4n) is 2.32. The quantitative estimate of drug-likeness (QED) is 0.718. The Morgan fingerprint density at radius 3 is 3.05 bits per heavy atom. The third-order valence-corrected chi connectivity index (χ3v) is 4.15. The third kappa shape index (κ3) is 5.17. The maximum atomic E-state index is 5.40. The van der Waals surface area contributed by atoms with E-state index in [0.29, 0.717) is 6.04 Å². The van der Waals surface area contributed by atoms with Crippen LogP contribution in [0.3, 0.4) is 0 Å². The first-order chi connectivity index (χ1) is 10.2. The molecule has 1 atom stereocenters. The van der Waals surface area contributed by atoms with E-state index in [9.17, 15) is 0 Å². The SMILES string of the molecule is CCOCCCn1cc(C)nc1NC(C)Cc1cccs1. The lowest BCUT2D eigenvalue weighted by Crippen LogP contribution is -2.20. The summed E-state index contributed by atoms with van der Waals surface area (Å²) < 4.78 is 7.59. The van der Waals surface area contributed by atoms with Gasteiger partial charge >= 0.3 is 0 Å². The van der Waals surface area contributed by atoms with Crippen molar-refractivity contribution in [3.63, 3.8) is 0 Å². The maximum absolute atomic E-state index is 5.40. The largest absolute Gasteiger partial charge is 0.382 e. The Morgan fingerprint density at radius 1 is 1.48 bits per heavy atom. The minimum atomic E-state index is 0.371. The van der Waals surface area contributed by atoms with E-state index in [1.807, 2.05) is 13.8 Å². The van der Waals surface area contributed by atoms with Gasteiger partial charge in [0.15, 0.2) is 0 Å². The van der Waals surface area contributed by atoms with Crippen molar-refractivity contribution in [1.82, 2.24) is 9.55 Å². The van der Waals surface area contributed by atoms with Crippen LogP contribution in [0, 0.1) is 6.92 Å². The first-order valence-electron chi connectivity index (χ1n) is 7.59. The Kier molecular flexibility index (Phi) is 6.26. The normalized spacial score (nSPS) is 12.5. The van der Waals surface area contributed by atoms with Crippen LogP contribution in [0.25, 0.3) is 0 Å². The lowest BCUT2D eigenvalue weighted by Gasteiger charge is -2.15. The molecule has 0 spiro atoms. The van der Waals surface area contributed by atoms with E-state index >= 15 is 0 Å². The van der Waals surface area contributed by atoms with Crippen molar-refractivity contribution in [3.8, 4) is 0 Å². The maximum Gasteiger partial charge on any atom is 0.203 e. The van der Waals surface area contributed by atoms with Crippen molar-refractivity contribution in [2.24, 2.45) is 0 Å². The van der Waals surface area contributed by atoms with Crippen LogP contribution in [0.1, 0.15) is 30.8 Å². The number of anilines is 1. The first kappa shape index (κ1) is 16.0. The number of rotatable bonds is 9. The molecule has 0 saturated heterocycles. The van der Waals surface area contributed by atoms with E-state index in [1.54, 1.807) is 11.3 Å². The van der Waals surface area contributed by atoms with Crippen LogP contribution in [0.5, 0.6) is 0 Å². The molecular weight excluding hydrogens is 282 g/mol. The summed E-state index contributed by atoms with van der Waals surface area (Å²) in [6.07, 6.45) is 4.15. The van der Waals surface area contributed by atoms with E-state index < -0.39 is 0 Å². The Morgan fingerprint density at radius 2 is 2.33 bits per heavy atom. The standard InChI is InChI=1S/C16H25N3OS/c1-4-20-9-6-8-19-12-14(3)18-16(19)17-13(2)11-15-7-5-10-21-15/h5,7,10,12-13H,4,6,8-9,11H2,1-3H3,(H,17,18). The smallest absolute Gasteiger partial charge is 0.203 e. The number of thiophene rings is 1. The third-order valence-electron chi connectivity index (χ3n) is 3.25. The van der Waals surface area contributed by atoms with Crippen molar-refractivity contribution in [3.05, 3.63) is 34.3 Å². The van der Waals surface area contributed by atoms with Crippen molar-refractivity contribution in [2.75, 3.05) is 18.5 Å². The van der Waals surface area contributed by atoms with Crippen LogP contribution in [0.15, 0.2) is 23.7 Å². The Hall–Kier alpha value is -1.33. The predicted molar refractivity (Wildman–Crippen MR) is 89.2 cm³/mol. The number of nitrogens with one attached hydrogen (secondary N) is 1. The molecule has 0 aliphatic heterocycles. The van der Waals surface area contributed by atoms with Gasteiger partial charge in [-0.1, -0.05) is 6.07 Å². The van der Waals surface area contributed by atoms with Crippen LogP contribution in [-0.4, -0.2) is 28.8 Å². The van der Waals surface area contributed by atoms with Gasteiger partial charge in [-0.2, -0.15) is 0 Å². The van der Waals surface area contributed by atoms with Crippen molar-refractivity contribution in [2.45, 2.75) is 46.2 Å². The van der Waals surface area contributed by atoms with Crippen molar-refractivity contribution < 1.29 is 4.74 Å². The van der Waals surface area contributed by atoms with Gasteiger partial charge in [-0.25, -0.2) is 4.98 Å². The lowest BCUT2D eigenvalue weighted by molar-refractivity contribution is 0.142. The molecule has 0 fully saturated rings. The van der Waals surface area contributed by atoms with Crippen LogP contribution >= 0.6 is 11.3 Å². The molecule has 5 heteroatoms. The molecule has 0 saturated carbocycles. The summed E-state index contributed by atoms with van der Waals surface area (Å²) in [7, 11) is 0. The zero-order valence-electron chi connectivity index (χ0n) is 13.1. The topological polar surface area (TPSA) is 39.1 Å². The molecule has 1 unspecified atom stereocenters. The van der Waals surface area contributed by atoms with Crippen molar-refractivity contribution >= 4 is 17.3 Å². The average Bonchev–Trinajstić information content (AvgIpc) is 3.05. The van der Waals surface area contributed by atoms with E-state index in [0.717, 1.165) is 44.2 Å². The number of nitrogens with zero attached hydrogens (tertiary/aromatic N) is 2. The molecule has 0 amide bonds. The zero-order chi connectivity index (χ0) is 15.1. The highest BCUT2D eigenvalue weighted by molar-refractivity contribution is 7.09. The highest BCUT2D eigenvalue weighted by atomic mass is 32.1. The second-order valence-electron chi connectivity index (χ2n) is 5.28. The van der Waals surface area contributed by atoms with E-state index in [1.165, 1.54) is 4.88 Å². The molecule has 1 N–H and O–H groups in total. The van der Waals surface area contributed by atoms with Gasteiger partial charge < -0.3 is 14.6 Å². The fraction of sp³-hybridized carbons (Fsp3) is 0.562. The number of hydrogen-bond donors (Lipinski definition) is 1. The van der Waals surface area contributed by atoms with Gasteiger partial charge in [0.05, 0.1) is 5.69 Å². The summed E-state index contributed by atoms with van der Waals surface area (Å²) in [5, 5.41) is 5.65. The van der Waals surface area contributed by atoms with Crippen LogP contribution < -0.4 is 5.32 Å². The number of aryl methyl sites for hydroxylation is 2. The Balaban J connectivity index is 1.89. The molecule has 0 aliphatic rings. The monoisotopic (exact) mass is 307 g/mol. The summed E-state index contributed by atoms with van der Waals surface area (Å²) in [6.45, 7) is 8.79. The molecule has 2 rings (SSSR count). The Labute approximate surface area is 131 Å². The van der Waals surface area contributed by atoms with Crippen LogP contribution in [-0.2, 0) is 17.7 Å². The minimum Gasteiger partial charge on any atom is -0.382 e. The summed E-state index contributed by atoms with van der Waals surface area (Å²) in [6, 6.07) is 4.66. The molecule has 2 heterocycles. The number of hydrogen-bond acceptors (Lipinski definition) is 4. The van der Waals surface area contributed by atoms with E-state index in [4.69, 9.17) is 4.74 Å². The fourth-order valence-corrected chi connectivity index (χ4v) is 3.15. The molecule has 0 radical (unpaired) electrons. The summed E-state index contributed by atoms with van der Waals surface area (Å²) in [4.78, 5) is 6.00. The van der Waals surface area contributed by atoms with Crippen LogP contribution in [0.4, 0.5) is 5.95 Å². The van der Waals surface area contributed by atoms with Crippen LogP contribution in [0.2, 0.25) is 0 Å². The van der Waals surface area contributed by atoms with Gasteiger partial charge in [-0.15, -0.1) is 11.3 Å². The second kappa shape index (κ2) is 8.20. The molecule has 0 aromatic carbocycles. The molecule has 116 valence electrons. The molecule has 2 aromatic heterocycles. The van der Waals surface area contributed by atoms with Gasteiger partial charge in [0.2, 0.25) is 5.95 Å². The minimum absolute atomic E-state index is 0.371. The molecule has 4 nitrogen and oxygen atoms in total. The van der Waals surface area contributed by atoms with Gasteiger partial charge in [-0.3, -0.25) is 0 Å². The van der Waals surface area contributed by atoms with Gasteiger partial charge in [0, 0.05) is 43.3 Å².